The van der Waals surface area contributed by atoms with Crippen LogP contribution in [0.1, 0.15) is 18.4 Å². The summed E-state index contributed by atoms with van der Waals surface area (Å²) in [5.74, 6) is 0.709. The van der Waals surface area contributed by atoms with Gasteiger partial charge in [0.1, 0.15) is 5.75 Å². The molecule has 0 aromatic heterocycles. The van der Waals surface area contributed by atoms with E-state index in [1.807, 2.05) is 36.4 Å². The molecule has 0 spiro atoms. The molecule has 32 heavy (non-hydrogen) atoms. The standard InChI is InChI=1S/C24H28N2O5S/c1-30-16-14-26-32(28,29)23-12-8-19(9-13-23)18-25-24(27)7-4-15-31-22-11-10-20-5-2-3-6-21(20)17-22/h2-3,5-6,8-13,17,26H,4,7,14-16,18H2,1H3,(H,25,27). The van der Waals surface area contributed by atoms with Crippen LogP contribution in [0.15, 0.2) is 71.6 Å². The van der Waals surface area contributed by atoms with Gasteiger partial charge in [0.15, 0.2) is 0 Å². The highest BCUT2D eigenvalue weighted by molar-refractivity contribution is 7.89. The van der Waals surface area contributed by atoms with Gasteiger partial charge in [0.25, 0.3) is 0 Å². The van der Waals surface area contributed by atoms with E-state index < -0.39 is 10.0 Å². The Morgan fingerprint density at radius 2 is 1.69 bits per heavy atom. The van der Waals surface area contributed by atoms with Crippen molar-refractivity contribution in [1.29, 1.82) is 0 Å². The van der Waals surface area contributed by atoms with E-state index >= 15 is 0 Å². The van der Waals surface area contributed by atoms with Gasteiger partial charge in [0, 0.05) is 26.6 Å². The van der Waals surface area contributed by atoms with Crippen LogP contribution < -0.4 is 14.8 Å². The third kappa shape index (κ3) is 7.05. The van der Waals surface area contributed by atoms with Crippen molar-refractivity contribution < 1.29 is 22.7 Å². The monoisotopic (exact) mass is 456 g/mol. The van der Waals surface area contributed by atoms with E-state index in [1.165, 1.54) is 19.2 Å². The molecule has 0 atom stereocenters. The van der Waals surface area contributed by atoms with Gasteiger partial charge in [-0.3, -0.25) is 4.79 Å². The van der Waals surface area contributed by atoms with E-state index in [0.29, 0.717) is 32.6 Å². The molecular formula is C24H28N2O5S. The zero-order valence-electron chi connectivity index (χ0n) is 18.0. The van der Waals surface area contributed by atoms with Crippen LogP contribution in [0.5, 0.6) is 5.75 Å². The number of rotatable bonds is 12. The molecule has 8 heteroatoms. The molecular weight excluding hydrogens is 428 g/mol. The fourth-order valence-electron chi connectivity index (χ4n) is 3.12. The molecule has 1 amide bonds. The first kappa shape index (κ1) is 23.7. The maximum Gasteiger partial charge on any atom is 0.240 e. The van der Waals surface area contributed by atoms with E-state index in [2.05, 4.69) is 16.1 Å². The maximum absolute atomic E-state index is 12.1. The number of nitrogens with one attached hydrogen (secondary N) is 2. The second kappa shape index (κ2) is 11.6. The van der Waals surface area contributed by atoms with E-state index in [4.69, 9.17) is 9.47 Å². The minimum Gasteiger partial charge on any atom is -0.494 e. The van der Waals surface area contributed by atoms with E-state index in [0.717, 1.165) is 22.1 Å². The van der Waals surface area contributed by atoms with Gasteiger partial charge in [-0.2, -0.15) is 0 Å². The van der Waals surface area contributed by atoms with Crippen molar-refractivity contribution in [3.8, 4) is 5.75 Å². The molecule has 7 nitrogen and oxygen atoms in total. The molecule has 3 aromatic carbocycles. The molecule has 0 saturated heterocycles. The van der Waals surface area contributed by atoms with Gasteiger partial charge in [0.2, 0.25) is 15.9 Å². The fraction of sp³-hybridized carbons (Fsp3) is 0.292. The lowest BCUT2D eigenvalue weighted by Crippen LogP contribution is -2.27. The van der Waals surface area contributed by atoms with Crippen molar-refractivity contribution in [3.05, 3.63) is 72.3 Å². The summed E-state index contributed by atoms with van der Waals surface area (Å²) in [4.78, 5) is 12.3. The lowest BCUT2D eigenvalue weighted by molar-refractivity contribution is -0.121. The van der Waals surface area contributed by atoms with Crippen LogP contribution >= 0.6 is 0 Å². The fourth-order valence-corrected chi connectivity index (χ4v) is 4.13. The third-order valence-corrected chi connectivity index (χ3v) is 6.34. The molecule has 0 aliphatic heterocycles. The summed E-state index contributed by atoms with van der Waals surface area (Å²) in [5.41, 5.74) is 0.821. The minimum absolute atomic E-state index is 0.0787. The molecule has 3 rings (SSSR count). The average Bonchev–Trinajstić information content (AvgIpc) is 2.81. The Kier molecular flexibility index (Phi) is 8.61. The van der Waals surface area contributed by atoms with Crippen LogP contribution in [0.25, 0.3) is 10.8 Å². The summed E-state index contributed by atoms with van der Waals surface area (Å²) in [6.45, 7) is 1.30. The van der Waals surface area contributed by atoms with Gasteiger partial charge in [0.05, 0.1) is 18.1 Å². The summed E-state index contributed by atoms with van der Waals surface area (Å²) < 4.78 is 37.4. The van der Waals surface area contributed by atoms with Gasteiger partial charge in [-0.25, -0.2) is 13.1 Å². The minimum atomic E-state index is -3.56. The zero-order valence-corrected chi connectivity index (χ0v) is 18.9. The van der Waals surface area contributed by atoms with Gasteiger partial charge < -0.3 is 14.8 Å². The molecule has 0 fully saturated rings. The van der Waals surface area contributed by atoms with Crippen molar-refractivity contribution in [2.45, 2.75) is 24.3 Å². The molecule has 2 N–H and O–H groups in total. The normalized spacial score (nSPS) is 11.4. The van der Waals surface area contributed by atoms with Gasteiger partial charge in [-0.15, -0.1) is 0 Å². The Labute approximate surface area is 188 Å². The van der Waals surface area contributed by atoms with Crippen LogP contribution in [0, 0.1) is 0 Å². The topological polar surface area (TPSA) is 93.7 Å². The highest BCUT2D eigenvalue weighted by Crippen LogP contribution is 2.20. The van der Waals surface area contributed by atoms with Crippen LogP contribution in [-0.4, -0.2) is 41.2 Å². The lowest BCUT2D eigenvalue weighted by atomic mass is 10.1. The first-order valence-corrected chi connectivity index (χ1v) is 11.9. The molecule has 170 valence electrons. The van der Waals surface area contributed by atoms with Crippen LogP contribution in [0.2, 0.25) is 0 Å². The van der Waals surface area contributed by atoms with Crippen molar-refractivity contribution in [1.82, 2.24) is 10.0 Å². The highest BCUT2D eigenvalue weighted by Gasteiger charge is 2.13. The summed E-state index contributed by atoms with van der Waals surface area (Å²) in [6, 6.07) is 20.4. The summed E-state index contributed by atoms with van der Waals surface area (Å²) in [5, 5.41) is 5.12. The molecule has 3 aromatic rings. The predicted octanol–water partition coefficient (Wildman–Crippen LogP) is 3.24. The Hall–Kier alpha value is -2.94. The Bertz CT molecular complexity index is 1130. The van der Waals surface area contributed by atoms with Gasteiger partial charge >= 0.3 is 0 Å². The molecule has 0 radical (unpaired) electrons. The maximum atomic E-state index is 12.1. The van der Waals surface area contributed by atoms with Crippen molar-refractivity contribution in [2.75, 3.05) is 26.9 Å². The second-order valence-electron chi connectivity index (χ2n) is 7.27. The van der Waals surface area contributed by atoms with Crippen molar-refractivity contribution in [3.63, 3.8) is 0 Å². The number of sulfonamides is 1. The summed E-state index contributed by atoms with van der Waals surface area (Å²) in [7, 11) is -2.05. The first-order valence-electron chi connectivity index (χ1n) is 10.4. The van der Waals surface area contributed by atoms with E-state index in [-0.39, 0.29) is 17.3 Å². The smallest absolute Gasteiger partial charge is 0.240 e. The number of hydrogen-bond acceptors (Lipinski definition) is 5. The average molecular weight is 457 g/mol. The lowest BCUT2D eigenvalue weighted by Gasteiger charge is -2.09. The Balaban J connectivity index is 1.38. The number of benzene rings is 3. The first-order chi connectivity index (χ1) is 15.5. The number of ether oxygens (including phenoxy) is 2. The molecule has 0 aliphatic rings. The largest absolute Gasteiger partial charge is 0.494 e. The number of carbonyl (C=O) groups is 1. The molecule has 0 unspecified atom stereocenters. The van der Waals surface area contributed by atoms with E-state index in [9.17, 15) is 13.2 Å². The Morgan fingerprint density at radius 3 is 2.44 bits per heavy atom. The second-order valence-corrected chi connectivity index (χ2v) is 9.04. The SMILES string of the molecule is COCCNS(=O)(=O)c1ccc(CNC(=O)CCCOc2ccc3ccccc3c2)cc1. The molecule has 0 aliphatic carbocycles. The number of hydrogen-bond donors (Lipinski definition) is 2. The van der Waals surface area contributed by atoms with E-state index in [1.54, 1.807) is 12.1 Å². The predicted molar refractivity (Wildman–Crippen MR) is 124 cm³/mol. The summed E-state index contributed by atoms with van der Waals surface area (Å²) in [6.07, 6.45) is 0.951. The molecule has 0 heterocycles. The Morgan fingerprint density at radius 1 is 0.938 bits per heavy atom. The third-order valence-electron chi connectivity index (χ3n) is 4.86. The quantitative estimate of drug-likeness (QED) is 0.408. The molecule has 0 saturated carbocycles. The highest BCUT2D eigenvalue weighted by atomic mass is 32.2. The van der Waals surface area contributed by atoms with Crippen LogP contribution in [0.3, 0.4) is 0 Å². The van der Waals surface area contributed by atoms with Crippen LogP contribution in [0.4, 0.5) is 0 Å². The van der Waals surface area contributed by atoms with Crippen molar-refractivity contribution >= 4 is 26.7 Å². The number of carbonyl (C=O) groups excluding carboxylic acids is 1. The zero-order chi connectivity index (χ0) is 22.8. The number of methoxy groups -OCH3 is 1. The number of amides is 1. The van der Waals surface area contributed by atoms with Gasteiger partial charge in [-0.05, 0) is 47.0 Å². The van der Waals surface area contributed by atoms with Crippen molar-refractivity contribution in [2.24, 2.45) is 0 Å². The van der Waals surface area contributed by atoms with Gasteiger partial charge in [-0.1, -0.05) is 42.5 Å². The van der Waals surface area contributed by atoms with Crippen LogP contribution in [-0.2, 0) is 26.1 Å². The number of fused-ring (bicyclic) bond motifs is 1. The molecule has 0 bridgehead atoms. The summed E-state index contributed by atoms with van der Waals surface area (Å²) >= 11 is 0.